The van der Waals surface area contributed by atoms with Crippen LogP contribution in [0.4, 0.5) is 0 Å². The molecule has 1 saturated heterocycles. The van der Waals surface area contributed by atoms with E-state index in [1.54, 1.807) is 37.1 Å². The molecule has 1 aromatic rings. The predicted molar refractivity (Wildman–Crippen MR) is 71.5 cm³/mol. The van der Waals surface area contributed by atoms with E-state index in [-0.39, 0.29) is 11.8 Å². The van der Waals surface area contributed by atoms with Gasteiger partial charge in [0.2, 0.25) is 0 Å². The summed E-state index contributed by atoms with van der Waals surface area (Å²) in [5, 5.41) is 3.77. The van der Waals surface area contributed by atoms with Crippen LogP contribution in [0.5, 0.6) is 5.75 Å². The van der Waals surface area contributed by atoms with E-state index in [2.05, 4.69) is 5.32 Å². The Morgan fingerprint density at radius 3 is 3.06 bits per heavy atom. The molecule has 3 nitrogen and oxygen atoms in total. The molecular formula is C12H14ClNO2S. The summed E-state index contributed by atoms with van der Waals surface area (Å²) >= 11 is 7.71. The van der Waals surface area contributed by atoms with Gasteiger partial charge in [0.15, 0.2) is 5.78 Å². The van der Waals surface area contributed by atoms with Crippen molar-refractivity contribution in [1.29, 1.82) is 0 Å². The summed E-state index contributed by atoms with van der Waals surface area (Å²) in [6.07, 6.45) is 0. The minimum Gasteiger partial charge on any atom is -0.496 e. The van der Waals surface area contributed by atoms with Crippen molar-refractivity contribution >= 4 is 29.1 Å². The molecule has 1 aromatic carbocycles. The molecule has 0 aliphatic carbocycles. The van der Waals surface area contributed by atoms with Gasteiger partial charge in [-0.3, -0.25) is 4.79 Å². The molecule has 0 spiro atoms. The number of carbonyl (C=O) groups is 1. The number of thioether (sulfide) groups is 1. The number of benzene rings is 1. The zero-order valence-electron chi connectivity index (χ0n) is 9.53. The van der Waals surface area contributed by atoms with Gasteiger partial charge in [-0.2, -0.15) is 11.8 Å². The highest BCUT2D eigenvalue weighted by Gasteiger charge is 2.24. The molecule has 0 bridgehead atoms. The third kappa shape index (κ3) is 2.94. The Labute approximate surface area is 110 Å². The van der Waals surface area contributed by atoms with Crippen LogP contribution in [0.3, 0.4) is 0 Å². The summed E-state index contributed by atoms with van der Waals surface area (Å²) in [5.41, 5.74) is 0.556. The van der Waals surface area contributed by atoms with E-state index in [0.29, 0.717) is 16.3 Å². The summed E-state index contributed by atoms with van der Waals surface area (Å²) in [6.45, 7) is 0.865. The lowest BCUT2D eigenvalue weighted by atomic mass is 10.0. The summed E-state index contributed by atoms with van der Waals surface area (Å²) < 4.78 is 5.20. The Balaban J connectivity index is 2.25. The van der Waals surface area contributed by atoms with Crippen molar-refractivity contribution in [3.63, 3.8) is 0 Å². The molecule has 1 fully saturated rings. The molecule has 2 rings (SSSR count). The second kappa shape index (κ2) is 5.76. The van der Waals surface area contributed by atoms with Crippen LogP contribution < -0.4 is 10.1 Å². The largest absolute Gasteiger partial charge is 0.496 e. The first-order valence-corrected chi connectivity index (χ1v) is 6.94. The molecule has 1 aliphatic rings. The third-order valence-electron chi connectivity index (χ3n) is 2.67. The fourth-order valence-electron chi connectivity index (χ4n) is 1.79. The number of rotatable bonds is 3. The highest BCUT2D eigenvalue weighted by Crippen LogP contribution is 2.25. The Morgan fingerprint density at radius 1 is 1.59 bits per heavy atom. The van der Waals surface area contributed by atoms with Gasteiger partial charge in [-0.25, -0.2) is 0 Å². The Kier molecular flexibility index (Phi) is 4.31. The van der Waals surface area contributed by atoms with Gasteiger partial charge in [-0.1, -0.05) is 11.6 Å². The average molecular weight is 272 g/mol. The van der Waals surface area contributed by atoms with Crippen molar-refractivity contribution in [1.82, 2.24) is 5.32 Å². The van der Waals surface area contributed by atoms with Gasteiger partial charge in [-0.05, 0) is 18.2 Å². The zero-order chi connectivity index (χ0) is 12.3. The van der Waals surface area contributed by atoms with Crippen molar-refractivity contribution in [2.45, 2.75) is 6.04 Å². The number of nitrogens with one attached hydrogen (secondary N) is 1. The number of hydrogen-bond donors (Lipinski definition) is 1. The van der Waals surface area contributed by atoms with Crippen molar-refractivity contribution in [2.75, 3.05) is 25.2 Å². The van der Waals surface area contributed by atoms with E-state index in [9.17, 15) is 4.79 Å². The fraction of sp³-hybridized carbons (Fsp3) is 0.417. The number of hydrogen-bond acceptors (Lipinski definition) is 4. The first kappa shape index (κ1) is 12.7. The van der Waals surface area contributed by atoms with Gasteiger partial charge in [0, 0.05) is 23.1 Å². The van der Waals surface area contributed by atoms with Crippen LogP contribution in [0, 0.1) is 0 Å². The molecule has 0 saturated carbocycles. The quantitative estimate of drug-likeness (QED) is 0.856. The number of Topliss-reactive ketones (excluding diaryl/α,β-unsaturated/α-hetero) is 1. The van der Waals surface area contributed by atoms with E-state index in [1.807, 2.05) is 0 Å². The van der Waals surface area contributed by atoms with Gasteiger partial charge >= 0.3 is 0 Å². The van der Waals surface area contributed by atoms with E-state index < -0.39 is 0 Å². The van der Waals surface area contributed by atoms with Crippen LogP contribution in [-0.2, 0) is 0 Å². The van der Waals surface area contributed by atoms with Crippen LogP contribution in [0.25, 0.3) is 0 Å². The van der Waals surface area contributed by atoms with Gasteiger partial charge in [-0.15, -0.1) is 0 Å². The second-order valence-electron chi connectivity index (χ2n) is 3.79. The SMILES string of the molecule is COc1ccc(Cl)cc1C(=O)C1CSCCN1. The van der Waals surface area contributed by atoms with Gasteiger partial charge < -0.3 is 10.1 Å². The molecule has 1 unspecified atom stereocenters. The molecule has 1 atom stereocenters. The fourth-order valence-corrected chi connectivity index (χ4v) is 2.90. The summed E-state index contributed by atoms with van der Waals surface area (Å²) in [4.78, 5) is 12.3. The molecular weight excluding hydrogens is 258 g/mol. The van der Waals surface area contributed by atoms with Gasteiger partial charge in [0.25, 0.3) is 0 Å². The lowest BCUT2D eigenvalue weighted by Crippen LogP contribution is -2.43. The molecule has 17 heavy (non-hydrogen) atoms. The Morgan fingerprint density at radius 2 is 2.41 bits per heavy atom. The average Bonchev–Trinajstić information content (AvgIpc) is 2.39. The van der Waals surface area contributed by atoms with E-state index in [4.69, 9.17) is 16.3 Å². The third-order valence-corrected chi connectivity index (χ3v) is 3.96. The van der Waals surface area contributed by atoms with Crippen molar-refractivity contribution in [2.24, 2.45) is 0 Å². The number of methoxy groups -OCH3 is 1. The molecule has 1 aliphatic heterocycles. The molecule has 0 aromatic heterocycles. The number of halogens is 1. The molecule has 0 radical (unpaired) electrons. The highest BCUT2D eigenvalue weighted by molar-refractivity contribution is 7.99. The number of carbonyl (C=O) groups excluding carboxylic acids is 1. The molecule has 1 heterocycles. The van der Waals surface area contributed by atoms with Gasteiger partial charge in [0.05, 0.1) is 18.7 Å². The summed E-state index contributed by atoms with van der Waals surface area (Å²) in [5.74, 6) is 2.48. The van der Waals surface area contributed by atoms with E-state index >= 15 is 0 Å². The Bertz CT molecular complexity index is 419. The standard InChI is InChI=1S/C12H14ClNO2S/c1-16-11-3-2-8(13)6-9(11)12(15)10-7-17-5-4-14-10/h2-3,6,10,14H,4-5,7H2,1H3. The lowest BCUT2D eigenvalue weighted by molar-refractivity contribution is 0.0950. The second-order valence-corrected chi connectivity index (χ2v) is 5.38. The van der Waals surface area contributed by atoms with E-state index in [1.165, 1.54) is 0 Å². The maximum atomic E-state index is 12.3. The van der Waals surface area contributed by atoms with Gasteiger partial charge in [0.1, 0.15) is 5.75 Å². The van der Waals surface area contributed by atoms with E-state index in [0.717, 1.165) is 18.1 Å². The normalized spacial score (nSPS) is 20.0. The minimum atomic E-state index is -0.138. The molecule has 1 N–H and O–H groups in total. The molecule has 92 valence electrons. The Hall–Kier alpha value is -0.710. The number of ketones is 1. The highest BCUT2D eigenvalue weighted by atomic mass is 35.5. The predicted octanol–water partition coefficient (Wildman–Crippen LogP) is 2.24. The van der Waals surface area contributed by atoms with Crippen LogP contribution in [0.15, 0.2) is 18.2 Å². The van der Waals surface area contributed by atoms with Crippen molar-refractivity contribution in [3.8, 4) is 5.75 Å². The van der Waals surface area contributed by atoms with Crippen LogP contribution in [0.2, 0.25) is 5.02 Å². The topological polar surface area (TPSA) is 38.3 Å². The first-order chi connectivity index (χ1) is 8.22. The lowest BCUT2D eigenvalue weighted by Gasteiger charge is -2.22. The number of ether oxygens (including phenoxy) is 1. The minimum absolute atomic E-state index is 0.0524. The van der Waals surface area contributed by atoms with Crippen LogP contribution in [-0.4, -0.2) is 37.0 Å². The van der Waals surface area contributed by atoms with Crippen LogP contribution in [0.1, 0.15) is 10.4 Å². The van der Waals surface area contributed by atoms with Crippen molar-refractivity contribution < 1.29 is 9.53 Å². The summed E-state index contributed by atoms with van der Waals surface area (Å²) in [7, 11) is 1.56. The van der Waals surface area contributed by atoms with Crippen molar-refractivity contribution in [3.05, 3.63) is 28.8 Å². The maximum absolute atomic E-state index is 12.3. The monoisotopic (exact) mass is 271 g/mol. The first-order valence-electron chi connectivity index (χ1n) is 5.41. The maximum Gasteiger partial charge on any atom is 0.184 e. The smallest absolute Gasteiger partial charge is 0.184 e. The summed E-state index contributed by atoms with van der Waals surface area (Å²) in [6, 6.07) is 4.98. The molecule has 5 heteroatoms. The zero-order valence-corrected chi connectivity index (χ0v) is 11.1. The molecule has 0 amide bonds. The van der Waals surface area contributed by atoms with Crippen LogP contribution >= 0.6 is 23.4 Å².